The molecule has 2 nitrogen and oxygen atoms in total. The highest BCUT2D eigenvalue weighted by atomic mass is 14.9. The van der Waals surface area contributed by atoms with Gasteiger partial charge in [0.2, 0.25) is 0 Å². The predicted molar refractivity (Wildman–Crippen MR) is 163 cm³/mol. The molecule has 1 aromatic carbocycles. The minimum atomic E-state index is 0.853. The van der Waals surface area contributed by atoms with Crippen LogP contribution < -0.4 is 0 Å². The first kappa shape index (κ1) is 31.5. The lowest BCUT2D eigenvalue weighted by Crippen LogP contribution is -1.94. The molecule has 0 aliphatic rings. The van der Waals surface area contributed by atoms with Crippen LogP contribution in [0.2, 0.25) is 0 Å². The predicted octanol–water partition coefficient (Wildman–Crippen LogP) is 11.3. The van der Waals surface area contributed by atoms with Crippen molar-refractivity contribution in [3.63, 3.8) is 0 Å². The van der Waals surface area contributed by atoms with Crippen molar-refractivity contribution in [2.45, 2.75) is 156 Å². The Bertz CT molecular complexity index is 765. The minimum absolute atomic E-state index is 0.853. The fourth-order valence-corrected chi connectivity index (χ4v) is 5.18. The van der Waals surface area contributed by atoms with Crippen molar-refractivity contribution in [3.05, 3.63) is 47.8 Å². The molecular formula is C35H58N2. The SMILES string of the molecule is CCCCCCCCCCCCCCc1ccc(-c2ncc(CCCCCCCC(C)CC)cn2)cc1. The van der Waals surface area contributed by atoms with Gasteiger partial charge in [-0.2, -0.15) is 0 Å². The van der Waals surface area contributed by atoms with Crippen LogP contribution in [0.5, 0.6) is 0 Å². The van der Waals surface area contributed by atoms with E-state index >= 15 is 0 Å². The van der Waals surface area contributed by atoms with Crippen molar-refractivity contribution in [2.75, 3.05) is 0 Å². The molecular weight excluding hydrogens is 448 g/mol. The average Bonchev–Trinajstić information content (AvgIpc) is 2.93. The summed E-state index contributed by atoms with van der Waals surface area (Å²) >= 11 is 0. The van der Waals surface area contributed by atoms with Gasteiger partial charge in [-0.05, 0) is 42.7 Å². The van der Waals surface area contributed by atoms with E-state index in [0.29, 0.717) is 0 Å². The molecule has 0 bridgehead atoms. The van der Waals surface area contributed by atoms with E-state index in [1.165, 1.54) is 140 Å². The van der Waals surface area contributed by atoms with E-state index < -0.39 is 0 Å². The van der Waals surface area contributed by atoms with E-state index in [0.717, 1.165) is 23.7 Å². The molecule has 1 unspecified atom stereocenters. The first-order valence-corrected chi connectivity index (χ1v) is 16.1. The van der Waals surface area contributed by atoms with Crippen molar-refractivity contribution in [3.8, 4) is 11.4 Å². The molecule has 37 heavy (non-hydrogen) atoms. The van der Waals surface area contributed by atoms with E-state index in [4.69, 9.17) is 0 Å². The molecule has 0 radical (unpaired) electrons. The molecule has 0 aliphatic heterocycles. The lowest BCUT2D eigenvalue weighted by molar-refractivity contribution is 0.472. The Morgan fingerprint density at radius 1 is 0.541 bits per heavy atom. The molecule has 2 heteroatoms. The maximum absolute atomic E-state index is 4.66. The second-order valence-electron chi connectivity index (χ2n) is 11.6. The second-order valence-corrected chi connectivity index (χ2v) is 11.6. The van der Waals surface area contributed by atoms with Gasteiger partial charge >= 0.3 is 0 Å². The summed E-state index contributed by atoms with van der Waals surface area (Å²) in [6.45, 7) is 6.97. The van der Waals surface area contributed by atoms with Crippen LogP contribution in [0.15, 0.2) is 36.7 Å². The third-order valence-corrected chi connectivity index (χ3v) is 8.10. The van der Waals surface area contributed by atoms with Crippen molar-refractivity contribution in [1.29, 1.82) is 0 Å². The van der Waals surface area contributed by atoms with Gasteiger partial charge in [0.05, 0.1) is 0 Å². The molecule has 0 saturated heterocycles. The Hall–Kier alpha value is -1.70. The Morgan fingerprint density at radius 3 is 1.51 bits per heavy atom. The van der Waals surface area contributed by atoms with E-state index in [9.17, 15) is 0 Å². The normalized spacial score (nSPS) is 12.2. The van der Waals surface area contributed by atoms with Crippen molar-refractivity contribution < 1.29 is 0 Å². The van der Waals surface area contributed by atoms with Gasteiger partial charge in [-0.1, -0.05) is 154 Å². The van der Waals surface area contributed by atoms with Crippen molar-refractivity contribution in [2.24, 2.45) is 5.92 Å². The highest BCUT2D eigenvalue weighted by Gasteiger charge is 2.03. The highest BCUT2D eigenvalue weighted by Crippen LogP contribution is 2.19. The van der Waals surface area contributed by atoms with Crippen LogP contribution in [0, 0.1) is 5.92 Å². The molecule has 0 N–H and O–H groups in total. The molecule has 2 rings (SSSR count). The zero-order valence-electron chi connectivity index (χ0n) is 24.8. The van der Waals surface area contributed by atoms with Gasteiger partial charge in [0.15, 0.2) is 5.82 Å². The van der Waals surface area contributed by atoms with Crippen LogP contribution in [-0.2, 0) is 12.8 Å². The number of rotatable bonds is 23. The summed E-state index contributed by atoms with van der Waals surface area (Å²) in [6.07, 6.45) is 32.7. The third kappa shape index (κ3) is 15.3. The van der Waals surface area contributed by atoms with Crippen LogP contribution in [0.25, 0.3) is 11.4 Å². The van der Waals surface area contributed by atoms with Gasteiger partial charge < -0.3 is 0 Å². The molecule has 0 spiro atoms. The largest absolute Gasteiger partial charge is 0.236 e. The minimum Gasteiger partial charge on any atom is -0.236 e. The Balaban J connectivity index is 1.52. The van der Waals surface area contributed by atoms with Crippen molar-refractivity contribution >= 4 is 0 Å². The number of unbranched alkanes of at least 4 members (excludes halogenated alkanes) is 15. The Labute approximate surface area is 230 Å². The summed E-state index contributed by atoms with van der Waals surface area (Å²) < 4.78 is 0. The topological polar surface area (TPSA) is 25.8 Å². The van der Waals surface area contributed by atoms with E-state index in [1.807, 2.05) is 12.4 Å². The maximum Gasteiger partial charge on any atom is 0.159 e. The van der Waals surface area contributed by atoms with Crippen LogP contribution in [0.1, 0.15) is 154 Å². The first-order valence-electron chi connectivity index (χ1n) is 16.1. The van der Waals surface area contributed by atoms with Gasteiger partial charge in [-0.25, -0.2) is 9.97 Å². The molecule has 0 aliphatic carbocycles. The van der Waals surface area contributed by atoms with Crippen LogP contribution in [0.4, 0.5) is 0 Å². The molecule has 2 aromatic rings. The zero-order chi connectivity index (χ0) is 26.4. The lowest BCUT2D eigenvalue weighted by Gasteiger charge is -2.07. The molecule has 1 atom stereocenters. The maximum atomic E-state index is 4.66. The number of aryl methyl sites for hydroxylation is 2. The second kappa shape index (κ2) is 21.3. The number of benzene rings is 1. The zero-order valence-corrected chi connectivity index (χ0v) is 24.8. The fourth-order valence-electron chi connectivity index (χ4n) is 5.18. The summed E-state index contributed by atoms with van der Waals surface area (Å²) in [4.78, 5) is 9.32. The van der Waals surface area contributed by atoms with Gasteiger partial charge in [-0.3, -0.25) is 0 Å². The average molecular weight is 507 g/mol. The monoisotopic (exact) mass is 506 g/mol. The van der Waals surface area contributed by atoms with Crippen LogP contribution >= 0.6 is 0 Å². The standard InChI is InChI=1S/C35H58N2/c1-4-6-7-8-9-10-11-12-13-14-17-20-23-32-25-27-34(28-26-32)35-36-29-33(30-37-35)24-21-18-15-16-19-22-31(3)5-2/h25-31H,4-24H2,1-3H3. The molecule has 0 amide bonds. The van der Waals surface area contributed by atoms with E-state index in [1.54, 1.807) is 0 Å². The van der Waals surface area contributed by atoms with E-state index in [2.05, 4.69) is 55.0 Å². The quantitative estimate of drug-likeness (QED) is 0.140. The van der Waals surface area contributed by atoms with Gasteiger partial charge in [0, 0.05) is 18.0 Å². The van der Waals surface area contributed by atoms with E-state index in [-0.39, 0.29) is 0 Å². The summed E-state index contributed by atoms with van der Waals surface area (Å²) in [7, 11) is 0. The third-order valence-electron chi connectivity index (χ3n) is 8.10. The molecule has 0 fully saturated rings. The molecule has 1 aromatic heterocycles. The van der Waals surface area contributed by atoms with Crippen LogP contribution in [-0.4, -0.2) is 9.97 Å². The highest BCUT2D eigenvalue weighted by molar-refractivity contribution is 5.55. The van der Waals surface area contributed by atoms with Crippen LogP contribution in [0.3, 0.4) is 0 Å². The Morgan fingerprint density at radius 2 is 1.00 bits per heavy atom. The molecule has 208 valence electrons. The first-order chi connectivity index (χ1) is 18.2. The molecule has 0 saturated carbocycles. The van der Waals surface area contributed by atoms with Gasteiger partial charge in [-0.15, -0.1) is 0 Å². The number of aromatic nitrogens is 2. The lowest BCUT2D eigenvalue weighted by atomic mass is 9.99. The fraction of sp³-hybridized carbons (Fsp3) is 0.714. The smallest absolute Gasteiger partial charge is 0.159 e. The van der Waals surface area contributed by atoms with Crippen molar-refractivity contribution in [1.82, 2.24) is 9.97 Å². The number of hydrogen-bond donors (Lipinski definition) is 0. The number of nitrogens with zero attached hydrogens (tertiary/aromatic N) is 2. The Kier molecular flexibility index (Phi) is 18.1. The summed E-state index contributed by atoms with van der Waals surface area (Å²) in [5.41, 5.74) is 3.84. The molecule has 1 heterocycles. The summed E-state index contributed by atoms with van der Waals surface area (Å²) in [6, 6.07) is 8.94. The summed E-state index contributed by atoms with van der Waals surface area (Å²) in [5.74, 6) is 1.75. The van der Waals surface area contributed by atoms with Gasteiger partial charge in [0.1, 0.15) is 0 Å². The van der Waals surface area contributed by atoms with Gasteiger partial charge in [0.25, 0.3) is 0 Å². The summed E-state index contributed by atoms with van der Waals surface area (Å²) in [5, 5.41) is 0. The number of hydrogen-bond acceptors (Lipinski definition) is 2.